The Bertz CT molecular complexity index is 636. The highest BCUT2D eigenvalue weighted by Gasteiger charge is 2.15. The number of nitrogens with one attached hydrogen (secondary N) is 2. The van der Waals surface area contributed by atoms with Crippen molar-refractivity contribution in [3.8, 4) is 12.1 Å². The molecule has 0 aromatic heterocycles. The predicted molar refractivity (Wildman–Crippen MR) is 65.0 cm³/mol. The third kappa shape index (κ3) is 3.04. The van der Waals surface area contributed by atoms with Gasteiger partial charge >= 0.3 is 0 Å². The Kier molecular flexibility index (Phi) is 4.38. The number of hydrazone groups is 1. The number of rotatable bonds is 4. The first-order chi connectivity index (χ1) is 8.55. The van der Waals surface area contributed by atoms with Crippen LogP contribution in [0.25, 0.3) is 0 Å². The van der Waals surface area contributed by atoms with Gasteiger partial charge in [0, 0.05) is 0 Å². The number of anilines is 1. The maximum atomic E-state index is 11.7. The van der Waals surface area contributed by atoms with Crippen LogP contribution >= 0.6 is 0 Å². The zero-order valence-electron chi connectivity index (χ0n) is 9.38. The normalized spacial score (nSPS) is 9.94. The largest absolute Gasteiger partial charge is 0.275 e. The number of hydrogen-bond donors (Lipinski definition) is 2. The first-order valence-electron chi connectivity index (χ1n) is 4.71. The Labute approximate surface area is 104 Å². The predicted octanol–water partition coefficient (Wildman–Crippen LogP) is 0.410. The van der Waals surface area contributed by atoms with Gasteiger partial charge in [-0.25, -0.2) is 13.1 Å². The fourth-order valence-corrected chi connectivity index (χ4v) is 1.98. The van der Waals surface area contributed by atoms with Crippen LogP contribution in [0.2, 0.25) is 0 Å². The Morgan fingerprint density at radius 3 is 2.44 bits per heavy atom. The van der Waals surface area contributed by atoms with Crippen LogP contribution in [-0.4, -0.2) is 21.2 Å². The maximum absolute atomic E-state index is 11.7. The minimum absolute atomic E-state index is 0.0218. The van der Waals surface area contributed by atoms with Gasteiger partial charge in [0.25, 0.3) is 0 Å². The molecule has 0 spiro atoms. The van der Waals surface area contributed by atoms with E-state index in [-0.39, 0.29) is 10.6 Å². The van der Waals surface area contributed by atoms with Crippen molar-refractivity contribution >= 4 is 21.4 Å². The van der Waals surface area contributed by atoms with Crippen LogP contribution in [0, 0.1) is 22.7 Å². The number of nitriles is 2. The van der Waals surface area contributed by atoms with Crippen molar-refractivity contribution in [2.45, 2.75) is 4.90 Å². The summed E-state index contributed by atoms with van der Waals surface area (Å²) in [5, 5.41) is 20.5. The SMILES string of the molecule is CNS(=O)(=O)c1ccccc1NN=C(C#N)C#N. The van der Waals surface area contributed by atoms with Gasteiger partial charge in [-0.3, -0.25) is 5.43 Å². The molecule has 1 aromatic carbocycles. The fourth-order valence-electron chi connectivity index (χ4n) is 1.09. The molecular formula is C10H9N5O2S. The average molecular weight is 263 g/mol. The van der Waals surface area contributed by atoms with Gasteiger partial charge in [-0.05, 0) is 19.2 Å². The lowest BCUT2D eigenvalue weighted by Gasteiger charge is -2.08. The molecule has 0 saturated heterocycles. The van der Waals surface area contributed by atoms with Crippen LogP contribution in [-0.2, 0) is 10.0 Å². The summed E-state index contributed by atoms with van der Waals surface area (Å²) in [6, 6.07) is 9.11. The van der Waals surface area contributed by atoms with Crippen LogP contribution in [0.1, 0.15) is 0 Å². The Morgan fingerprint density at radius 1 is 1.28 bits per heavy atom. The molecule has 18 heavy (non-hydrogen) atoms. The Morgan fingerprint density at radius 2 is 1.89 bits per heavy atom. The lowest BCUT2D eigenvalue weighted by atomic mass is 10.3. The van der Waals surface area contributed by atoms with E-state index < -0.39 is 15.7 Å². The van der Waals surface area contributed by atoms with Crippen molar-refractivity contribution in [2.75, 3.05) is 12.5 Å². The van der Waals surface area contributed by atoms with E-state index in [1.165, 1.54) is 19.2 Å². The molecule has 0 saturated carbocycles. The topological polar surface area (TPSA) is 118 Å². The van der Waals surface area contributed by atoms with Gasteiger partial charge in [-0.1, -0.05) is 12.1 Å². The van der Waals surface area contributed by atoms with E-state index in [1.807, 2.05) is 0 Å². The molecule has 0 unspecified atom stereocenters. The van der Waals surface area contributed by atoms with Crippen molar-refractivity contribution in [2.24, 2.45) is 5.10 Å². The second kappa shape index (κ2) is 5.77. The van der Waals surface area contributed by atoms with Crippen molar-refractivity contribution in [3.05, 3.63) is 24.3 Å². The molecule has 0 atom stereocenters. The molecule has 92 valence electrons. The zero-order chi connectivity index (χ0) is 13.6. The molecule has 0 amide bonds. The average Bonchev–Trinajstić information content (AvgIpc) is 2.40. The minimum Gasteiger partial charge on any atom is -0.275 e. The highest BCUT2D eigenvalue weighted by Crippen LogP contribution is 2.20. The molecule has 0 aliphatic rings. The van der Waals surface area contributed by atoms with Crippen LogP contribution in [0.4, 0.5) is 5.69 Å². The van der Waals surface area contributed by atoms with Gasteiger partial charge in [0.2, 0.25) is 15.7 Å². The molecule has 1 rings (SSSR count). The Balaban J connectivity index is 3.18. The summed E-state index contributed by atoms with van der Waals surface area (Å²) >= 11 is 0. The summed E-state index contributed by atoms with van der Waals surface area (Å²) in [5.41, 5.74) is 2.16. The highest BCUT2D eigenvalue weighted by molar-refractivity contribution is 7.89. The summed E-state index contributed by atoms with van der Waals surface area (Å²) in [7, 11) is -2.35. The summed E-state index contributed by atoms with van der Waals surface area (Å²) < 4.78 is 25.5. The van der Waals surface area contributed by atoms with Gasteiger partial charge < -0.3 is 0 Å². The molecule has 7 nitrogen and oxygen atoms in total. The van der Waals surface area contributed by atoms with E-state index >= 15 is 0 Å². The summed E-state index contributed by atoms with van der Waals surface area (Å²) in [5.74, 6) is 0. The fraction of sp³-hybridized carbons (Fsp3) is 0.100. The molecule has 8 heteroatoms. The minimum atomic E-state index is -3.64. The van der Waals surface area contributed by atoms with Crippen LogP contribution in [0.15, 0.2) is 34.3 Å². The summed E-state index contributed by atoms with van der Waals surface area (Å²) in [6.45, 7) is 0. The molecule has 0 aliphatic heterocycles. The number of benzene rings is 1. The van der Waals surface area contributed by atoms with Gasteiger partial charge in [-0.2, -0.15) is 15.6 Å². The molecule has 0 fully saturated rings. The first-order valence-corrected chi connectivity index (χ1v) is 6.20. The molecule has 0 aliphatic carbocycles. The van der Waals surface area contributed by atoms with Crippen LogP contribution < -0.4 is 10.1 Å². The third-order valence-electron chi connectivity index (χ3n) is 1.95. The number of sulfonamides is 1. The van der Waals surface area contributed by atoms with Crippen LogP contribution in [0.3, 0.4) is 0 Å². The lowest BCUT2D eigenvalue weighted by Crippen LogP contribution is -2.19. The molecule has 0 bridgehead atoms. The van der Waals surface area contributed by atoms with E-state index in [2.05, 4.69) is 15.2 Å². The smallest absolute Gasteiger partial charge is 0.242 e. The van der Waals surface area contributed by atoms with Crippen molar-refractivity contribution in [3.63, 3.8) is 0 Å². The molecule has 0 heterocycles. The zero-order valence-corrected chi connectivity index (χ0v) is 10.2. The molecule has 1 aromatic rings. The van der Waals surface area contributed by atoms with Crippen molar-refractivity contribution in [1.29, 1.82) is 10.5 Å². The van der Waals surface area contributed by atoms with E-state index in [4.69, 9.17) is 10.5 Å². The summed E-state index contributed by atoms with van der Waals surface area (Å²) in [4.78, 5) is -0.0218. The summed E-state index contributed by atoms with van der Waals surface area (Å²) in [6.07, 6.45) is 0. The quantitative estimate of drug-likeness (QED) is 0.602. The standard InChI is InChI=1S/C10H9N5O2S/c1-13-18(16,17)10-5-3-2-4-9(10)15-14-8(6-11)7-12/h2-5,13,15H,1H3. The van der Waals surface area contributed by atoms with Gasteiger partial charge in [0.1, 0.15) is 17.0 Å². The number of hydrogen-bond acceptors (Lipinski definition) is 6. The monoisotopic (exact) mass is 263 g/mol. The van der Waals surface area contributed by atoms with Crippen molar-refractivity contribution < 1.29 is 8.42 Å². The Hall–Kier alpha value is -2.42. The first kappa shape index (κ1) is 13.6. The third-order valence-corrected chi connectivity index (χ3v) is 3.42. The number of para-hydroxylation sites is 1. The van der Waals surface area contributed by atoms with Crippen LogP contribution in [0.5, 0.6) is 0 Å². The van der Waals surface area contributed by atoms with Gasteiger partial charge in [-0.15, -0.1) is 0 Å². The number of nitrogens with zero attached hydrogens (tertiary/aromatic N) is 3. The van der Waals surface area contributed by atoms with E-state index in [9.17, 15) is 8.42 Å². The van der Waals surface area contributed by atoms with E-state index in [1.54, 1.807) is 24.3 Å². The van der Waals surface area contributed by atoms with E-state index in [0.717, 1.165) is 0 Å². The van der Waals surface area contributed by atoms with Gasteiger partial charge in [0.05, 0.1) is 5.69 Å². The maximum Gasteiger partial charge on any atom is 0.242 e. The lowest BCUT2D eigenvalue weighted by molar-refractivity contribution is 0.588. The molecular weight excluding hydrogens is 254 g/mol. The second-order valence-electron chi connectivity index (χ2n) is 3.00. The molecule has 2 N–H and O–H groups in total. The van der Waals surface area contributed by atoms with Crippen molar-refractivity contribution in [1.82, 2.24) is 4.72 Å². The second-order valence-corrected chi connectivity index (χ2v) is 4.85. The molecule has 0 radical (unpaired) electrons. The highest BCUT2D eigenvalue weighted by atomic mass is 32.2. The van der Waals surface area contributed by atoms with E-state index in [0.29, 0.717) is 0 Å². The van der Waals surface area contributed by atoms with Gasteiger partial charge in [0.15, 0.2) is 0 Å².